The number of carbonyl (C=O) groups excluding carboxylic acids is 1. The van der Waals surface area contributed by atoms with Gasteiger partial charge in [0.15, 0.2) is 5.76 Å². The molecule has 4 rings (SSSR count). The molecule has 0 atom stereocenters. The first-order valence-corrected chi connectivity index (χ1v) is 8.91. The molecule has 0 saturated carbocycles. The van der Waals surface area contributed by atoms with Crippen molar-refractivity contribution in [3.8, 4) is 28.3 Å². The lowest BCUT2D eigenvalue weighted by atomic mass is 9.87. The number of ether oxygens (including phenoxy) is 1. The smallest absolute Gasteiger partial charge is 0.170 e. The molecular weight excluding hydrogens is 326 g/mol. The summed E-state index contributed by atoms with van der Waals surface area (Å²) >= 11 is 0. The van der Waals surface area contributed by atoms with Crippen LogP contribution < -0.4 is 4.74 Å². The largest absolute Gasteiger partial charge is 0.491 e. The number of nitrogens with zero attached hydrogens (tertiary/aromatic N) is 1. The average molecular weight is 347 g/mol. The SMILES string of the molecule is Cc1cc(-c2onc3c2CCc2cc(C=O)ccc2-3)ccc1OC(C)C. The molecule has 26 heavy (non-hydrogen) atoms. The van der Waals surface area contributed by atoms with Gasteiger partial charge in [0.25, 0.3) is 0 Å². The van der Waals surface area contributed by atoms with Crippen molar-refractivity contribution >= 4 is 6.29 Å². The summed E-state index contributed by atoms with van der Waals surface area (Å²) in [5.74, 6) is 1.72. The number of aryl methyl sites for hydroxylation is 2. The minimum absolute atomic E-state index is 0.144. The fraction of sp³-hybridized carbons (Fsp3) is 0.273. The molecule has 0 amide bonds. The number of aldehydes is 1. The van der Waals surface area contributed by atoms with Crippen LogP contribution in [0.1, 0.15) is 40.9 Å². The van der Waals surface area contributed by atoms with Gasteiger partial charge in [-0.2, -0.15) is 0 Å². The molecule has 0 spiro atoms. The molecule has 0 fully saturated rings. The van der Waals surface area contributed by atoms with Crippen LogP contribution in [0.4, 0.5) is 0 Å². The van der Waals surface area contributed by atoms with Crippen molar-refractivity contribution in [3.05, 3.63) is 58.7 Å². The summed E-state index contributed by atoms with van der Waals surface area (Å²) in [5, 5.41) is 4.34. The Morgan fingerprint density at radius 1 is 1.15 bits per heavy atom. The average Bonchev–Trinajstić information content (AvgIpc) is 3.07. The van der Waals surface area contributed by atoms with E-state index < -0.39 is 0 Å². The third kappa shape index (κ3) is 2.81. The fourth-order valence-electron chi connectivity index (χ4n) is 3.54. The van der Waals surface area contributed by atoms with Crippen LogP contribution in [0.3, 0.4) is 0 Å². The number of benzene rings is 2. The highest BCUT2D eigenvalue weighted by molar-refractivity contribution is 5.81. The van der Waals surface area contributed by atoms with Crippen LogP contribution >= 0.6 is 0 Å². The van der Waals surface area contributed by atoms with Crippen LogP contribution in [0.15, 0.2) is 40.9 Å². The van der Waals surface area contributed by atoms with E-state index in [1.54, 1.807) is 0 Å². The molecule has 0 bridgehead atoms. The Labute approximate surface area is 152 Å². The molecule has 3 aromatic rings. The molecule has 1 aliphatic rings. The van der Waals surface area contributed by atoms with Gasteiger partial charge in [-0.05, 0) is 69.0 Å². The van der Waals surface area contributed by atoms with Gasteiger partial charge < -0.3 is 9.26 Å². The van der Waals surface area contributed by atoms with E-state index in [2.05, 4.69) is 11.2 Å². The van der Waals surface area contributed by atoms with Crippen LogP contribution in [0.25, 0.3) is 22.6 Å². The van der Waals surface area contributed by atoms with Crippen LogP contribution in [-0.4, -0.2) is 17.5 Å². The van der Waals surface area contributed by atoms with Crippen molar-refractivity contribution < 1.29 is 14.1 Å². The van der Waals surface area contributed by atoms with E-state index in [9.17, 15) is 4.79 Å². The van der Waals surface area contributed by atoms with Gasteiger partial charge in [-0.15, -0.1) is 0 Å². The number of aromatic nitrogens is 1. The first-order chi connectivity index (χ1) is 12.6. The Hall–Kier alpha value is -2.88. The van der Waals surface area contributed by atoms with E-state index in [1.807, 2.05) is 51.1 Å². The highest BCUT2D eigenvalue weighted by atomic mass is 16.5. The van der Waals surface area contributed by atoms with Crippen molar-refractivity contribution in [2.24, 2.45) is 0 Å². The summed E-state index contributed by atoms with van der Waals surface area (Å²) in [6.07, 6.45) is 2.76. The molecule has 0 radical (unpaired) electrons. The summed E-state index contributed by atoms with van der Waals surface area (Å²) < 4.78 is 11.6. The predicted octanol–water partition coefficient (Wildman–Crippen LogP) is 5.02. The van der Waals surface area contributed by atoms with Crippen LogP contribution in [0, 0.1) is 6.92 Å². The third-order valence-corrected chi connectivity index (χ3v) is 4.75. The minimum Gasteiger partial charge on any atom is -0.491 e. The minimum atomic E-state index is 0.144. The zero-order valence-corrected chi connectivity index (χ0v) is 15.2. The summed E-state index contributed by atoms with van der Waals surface area (Å²) in [6.45, 7) is 6.08. The lowest BCUT2D eigenvalue weighted by Gasteiger charge is -2.16. The maximum atomic E-state index is 11.0. The van der Waals surface area contributed by atoms with E-state index in [4.69, 9.17) is 9.26 Å². The van der Waals surface area contributed by atoms with E-state index in [-0.39, 0.29) is 6.10 Å². The second kappa shape index (κ2) is 6.45. The molecule has 2 aromatic carbocycles. The molecule has 4 heteroatoms. The predicted molar refractivity (Wildman–Crippen MR) is 101 cm³/mol. The second-order valence-electron chi connectivity index (χ2n) is 7.02. The molecule has 0 unspecified atom stereocenters. The van der Waals surface area contributed by atoms with Crippen molar-refractivity contribution in [2.45, 2.75) is 39.7 Å². The summed E-state index contributed by atoms with van der Waals surface area (Å²) in [5.41, 5.74) is 7.02. The van der Waals surface area contributed by atoms with Gasteiger partial charge in [-0.3, -0.25) is 4.79 Å². The number of carbonyl (C=O) groups is 1. The molecule has 0 aliphatic heterocycles. The van der Waals surface area contributed by atoms with E-state index >= 15 is 0 Å². The van der Waals surface area contributed by atoms with E-state index in [0.29, 0.717) is 5.56 Å². The Morgan fingerprint density at radius 3 is 2.73 bits per heavy atom. The van der Waals surface area contributed by atoms with Crippen LogP contribution in [0.5, 0.6) is 5.75 Å². The molecule has 4 nitrogen and oxygen atoms in total. The van der Waals surface area contributed by atoms with Gasteiger partial charge in [-0.1, -0.05) is 17.3 Å². The van der Waals surface area contributed by atoms with Crippen molar-refractivity contribution in [3.63, 3.8) is 0 Å². The normalized spacial score (nSPS) is 12.6. The van der Waals surface area contributed by atoms with Crippen molar-refractivity contribution in [1.29, 1.82) is 0 Å². The maximum absolute atomic E-state index is 11.0. The molecular formula is C22H21NO3. The molecule has 0 saturated heterocycles. The van der Waals surface area contributed by atoms with E-state index in [0.717, 1.165) is 64.1 Å². The standard InChI is InChI=1S/C22H21NO3/c1-13(2)25-20-9-6-17(10-14(20)3)22-19-8-5-16-11-15(12-24)4-7-18(16)21(19)23-26-22/h4,6-7,9-13H,5,8H2,1-3H3. The van der Waals surface area contributed by atoms with Gasteiger partial charge in [0, 0.05) is 22.3 Å². The number of fused-ring (bicyclic) bond motifs is 3. The van der Waals surface area contributed by atoms with Crippen molar-refractivity contribution in [2.75, 3.05) is 0 Å². The van der Waals surface area contributed by atoms with Crippen LogP contribution in [0.2, 0.25) is 0 Å². The molecule has 1 aromatic heterocycles. The summed E-state index contributed by atoms with van der Waals surface area (Å²) in [7, 11) is 0. The third-order valence-electron chi connectivity index (χ3n) is 4.75. The van der Waals surface area contributed by atoms with Gasteiger partial charge in [0.05, 0.1) is 6.10 Å². The fourth-order valence-corrected chi connectivity index (χ4v) is 3.54. The zero-order valence-electron chi connectivity index (χ0n) is 15.2. The summed E-state index contributed by atoms with van der Waals surface area (Å²) in [4.78, 5) is 11.0. The number of hydrogen-bond donors (Lipinski definition) is 0. The molecule has 132 valence electrons. The Morgan fingerprint density at radius 2 is 2.00 bits per heavy atom. The van der Waals surface area contributed by atoms with Crippen molar-refractivity contribution in [1.82, 2.24) is 5.16 Å². The second-order valence-corrected chi connectivity index (χ2v) is 7.02. The van der Waals surface area contributed by atoms with Gasteiger partial charge in [-0.25, -0.2) is 0 Å². The number of rotatable bonds is 4. The monoisotopic (exact) mass is 347 g/mol. The lowest BCUT2D eigenvalue weighted by Crippen LogP contribution is -2.06. The molecule has 1 heterocycles. The first-order valence-electron chi connectivity index (χ1n) is 8.91. The Balaban J connectivity index is 1.74. The lowest BCUT2D eigenvalue weighted by molar-refractivity contribution is 0.112. The Kier molecular flexibility index (Phi) is 4.11. The Bertz CT molecular complexity index is 985. The highest BCUT2D eigenvalue weighted by Gasteiger charge is 2.25. The summed E-state index contributed by atoms with van der Waals surface area (Å²) in [6, 6.07) is 11.8. The zero-order chi connectivity index (χ0) is 18.3. The van der Waals surface area contributed by atoms with E-state index in [1.165, 1.54) is 0 Å². The quantitative estimate of drug-likeness (QED) is 0.622. The maximum Gasteiger partial charge on any atom is 0.170 e. The van der Waals surface area contributed by atoms with Crippen LogP contribution in [-0.2, 0) is 12.8 Å². The molecule has 0 N–H and O–H groups in total. The topological polar surface area (TPSA) is 52.3 Å². The highest BCUT2D eigenvalue weighted by Crippen LogP contribution is 2.39. The number of hydrogen-bond acceptors (Lipinski definition) is 4. The first kappa shape index (κ1) is 16.6. The molecule has 1 aliphatic carbocycles. The van der Waals surface area contributed by atoms with Gasteiger partial charge >= 0.3 is 0 Å². The van der Waals surface area contributed by atoms with Gasteiger partial charge in [0.1, 0.15) is 17.7 Å². The van der Waals surface area contributed by atoms with Gasteiger partial charge in [0.2, 0.25) is 0 Å².